The number of nitrogens with one attached hydrogen (secondary N) is 2. The Morgan fingerprint density at radius 3 is 2.44 bits per heavy atom. The summed E-state index contributed by atoms with van der Waals surface area (Å²) in [6, 6.07) is 11.4. The molecule has 0 aliphatic carbocycles. The van der Waals surface area contributed by atoms with E-state index in [4.69, 9.17) is 0 Å². The monoisotopic (exact) mass is 363 g/mol. The van der Waals surface area contributed by atoms with Crippen molar-refractivity contribution in [1.82, 2.24) is 19.9 Å². The summed E-state index contributed by atoms with van der Waals surface area (Å²) < 4.78 is 1.66. The van der Waals surface area contributed by atoms with Gasteiger partial charge in [0.1, 0.15) is 17.8 Å². The fourth-order valence-electron chi connectivity index (χ4n) is 2.59. The fourth-order valence-corrected chi connectivity index (χ4v) is 2.59. The summed E-state index contributed by atoms with van der Waals surface area (Å²) in [6.07, 6.45) is 4.71. The molecule has 0 fully saturated rings. The average molecular weight is 363 g/mol. The predicted molar refractivity (Wildman–Crippen MR) is 103 cm³/mol. The lowest BCUT2D eigenvalue weighted by Crippen LogP contribution is -2.26. The first-order chi connectivity index (χ1) is 12.9. The molecule has 2 heterocycles. The van der Waals surface area contributed by atoms with Crippen LogP contribution >= 0.6 is 0 Å². The molecule has 1 atom stereocenters. The van der Waals surface area contributed by atoms with Gasteiger partial charge < -0.3 is 10.6 Å². The minimum atomic E-state index is -0.253. The molecule has 0 saturated carbocycles. The molecule has 7 nitrogen and oxygen atoms in total. The number of amides is 2. The van der Waals surface area contributed by atoms with Crippen molar-refractivity contribution in [3.8, 4) is 5.82 Å². The zero-order valence-corrected chi connectivity index (χ0v) is 15.4. The Labute approximate surface area is 157 Å². The zero-order valence-electron chi connectivity index (χ0n) is 15.4. The second-order valence-corrected chi connectivity index (χ2v) is 6.36. The first-order valence-corrected chi connectivity index (χ1v) is 8.58. The normalized spacial score (nSPS) is 11.7. The number of carbonyl (C=O) groups excluding carboxylic acids is 2. The first-order valence-electron chi connectivity index (χ1n) is 8.58. The molecule has 3 rings (SSSR count). The summed E-state index contributed by atoms with van der Waals surface area (Å²) in [7, 11) is 0. The molecule has 2 aromatic heterocycles. The van der Waals surface area contributed by atoms with Crippen LogP contribution in [-0.4, -0.2) is 26.3 Å². The van der Waals surface area contributed by atoms with Crippen molar-refractivity contribution in [3.63, 3.8) is 0 Å². The van der Waals surface area contributed by atoms with E-state index in [9.17, 15) is 9.59 Å². The third-order valence-electron chi connectivity index (χ3n) is 4.07. The van der Waals surface area contributed by atoms with Gasteiger partial charge in [0.2, 0.25) is 5.91 Å². The van der Waals surface area contributed by atoms with E-state index in [0.717, 1.165) is 5.56 Å². The second kappa shape index (κ2) is 7.82. The second-order valence-electron chi connectivity index (χ2n) is 6.36. The molecule has 0 aliphatic rings. The van der Waals surface area contributed by atoms with Crippen LogP contribution in [0.4, 0.5) is 5.69 Å². The molecule has 3 aromatic rings. The molecular formula is C20H21N5O2. The van der Waals surface area contributed by atoms with Crippen LogP contribution in [0.2, 0.25) is 0 Å². The van der Waals surface area contributed by atoms with Crippen molar-refractivity contribution < 1.29 is 9.59 Å². The molecule has 1 aromatic carbocycles. The molecular weight excluding hydrogens is 342 g/mol. The van der Waals surface area contributed by atoms with Gasteiger partial charge in [0.15, 0.2) is 0 Å². The van der Waals surface area contributed by atoms with Crippen LogP contribution in [0, 0.1) is 6.92 Å². The number of pyridine rings is 1. The molecule has 2 N–H and O–H groups in total. The molecule has 138 valence electrons. The zero-order chi connectivity index (χ0) is 19.4. The van der Waals surface area contributed by atoms with Gasteiger partial charge in [-0.15, -0.1) is 0 Å². The number of hydrogen-bond acceptors (Lipinski definition) is 4. The molecule has 0 radical (unpaired) electrons. The summed E-state index contributed by atoms with van der Waals surface area (Å²) in [5.41, 5.74) is 3.12. The molecule has 0 aliphatic heterocycles. The SMILES string of the molecule is CC(=O)Nc1ccc(-n2cnc(C(=O)N[C@@H](C)c3ccc(C)cc3)c2)nc1. The van der Waals surface area contributed by atoms with E-state index in [1.807, 2.05) is 38.1 Å². The van der Waals surface area contributed by atoms with Crippen molar-refractivity contribution >= 4 is 17.5 Å². The molecule has 0 spiro atoms. The Balaban J connectivity index is 1.68. The molecule has 0 saturated heterocycles. The lowest BCUT2D eigenvalue weighted by Gasteiger charge is -2.13. The number of carbonyl (C=O) groups is 2. The quantitative estimate of drug-likeness (QED) is 0.729. The maximum Gasteiger partial charge on any atom is 0.271 e. The summed E-state index contributed by atoms with van der Waals surface area (Å²) >= 11 is 0. The van der Waals surface area contributed by atoms with Crippen LogP contribution in [0.25, 0.3) is 5.82 Å². The summed E-state index contributed by atoms with van der Waals surface area (Å²) in [4.78, 5) is 31.9. The number of aromatic nitrogens is 3. The number of benzene rings is 1. The van der Waals surface area contributed by atoms with Crippen LogP contribution < -0.4 is 10.6 Å². The Kier molecular flexibility index (Phi) is 5.30. The molecule has 0 bridgehead atoms. The number of hydrogen-bond donors (Lipinski definition) is 2. The summed E-state index contributed by atoms with van der Waals surface area (Å²) in [5.74, 6) is 0.188. The van der Waals surface area contributed by atoms with E-state index in [2.05, 4.69) is 20.6 Å². The van der Waals surface area contributed by atoms with Crippen LogP contribution in [0.1, 0.15) is 41.5 Å². The van der Waals surface area contributed by atoms with Gasteiger partial charge in [0.25, 0.3) is 5.91 Å². The first kappa shape index (κ1) is 18.3. The number of aryl methyl sites for hydroxylation is 1. The Hall–Kier alpha value is -3.48. The topological polar surface area (TPSA) is 88.9 Å². The van der Waals surface area contributed by atoms with Crippen molar-refractivity contribution in [1.29, 1.82) is 0 Å². The summed E-state index contributed by atoms with van der Waals surface area (Å²) in [5, 5.41) is 5.60. The van der Waals surface area contributed by atoms with Crippen LogP contribution in [0.5, 0.6) is 0 Å². The van der Waals surface area contributed by atoms with Gasteiger partial charge in [0.05, 0.1) is 17.9 Å². The van der Waals surface area contributed by atoms with Gasteiger partial charge >= 0.3 is 0 Å². The number of nitrogens with zero attached hydrogens (tertiary/aromatic N) is 3. The predicted octanol–water partition coefficient (Wildman–Crippen LogP) is 3.03. The standard InChI is InChI=1S/C20H21N5O2/c1-13-4-6-16(7-5-13)14(2)23-20(27)18-11-25(12-22-18)19-9-8-17(10-21-19)24-15(3)26/h4-12,14H,1-3H3,(H,23,27)(H,24,26)/t14-/m0/s1. The smallest absolute Gasteiger partial charge is 0.271 e. The largest absolute Gasteiger partial charge is 0.344 e. The molecule has 7 heteroatoms. The fraction of sp³-hybridized carbons (Fsp3) is 0.200. The van der Waals surface area contributed by atoms with E-state index in [1.165, 1.54) is 18.8 Å². The van der Waals surface area contributed by atoms with Gasteiger partial charge in [0, 0.05) is 13.1 Å². The minimum Gasteiger partial charge on any atom is -0.344 e. The molecule has 2 amide bonds. The maximum atomic E-state index is 12.5. The number of rotatable bonds is 5. The van der Waals surface area contributed by atoms with E-state index in [1.54, 1.807) is 29.1 Å². The van der Waals surface area contributed by atoms with Gasteiger partial charge in [-0.25, -0.2) is 9.97 Å². The lowest BCUT2D eigenvalue weighted by molar-refractivity contribution is -0.114. The maximum absolute atomic E-state index is 12.5. The highest BCUT2D eigenvalue weighted by molar-refractivity contribution is 5.92. The highest BCUT2D eigenvalue weighted by Gasteiger charge is 2.14. The van der Waals surface area contributed by atoms with Crippen LogP contribution in [0.3, 0.4) is 0 Å². The number of imidazole rings is 1. The molecule has 0 unspecified atom stereocenters. The third kappa shape index (κ3) is 4.58. The number of anilines is 1. The Morgan fingerprint density at radius 2 is 1.81 bits per heavy atom. The van der Waals surface area contributed by atoms with E-state index >= 15 is 0 Å². The third-order valence-corrected chi connectivity index (χ3v) is 4.07. The molecule has 27 heavy (non-hydrogen) atoms. The van der Waals surface area contributed by atoms with Crippen molar-refractivity contribution in [2.45, 2.75) is 26.8 Å². The van der Waals surface area contributed by atoms with Gasteiger partial charge in [-0.1, -0.05) is 29.8 Å². The van der Waals surface area contributed by atoms with Gasteiger partial charge in [-0.3, -0.25) is 14.2 Å². The van der Waals surface area contributed by atoms with Crippen LogP contribution in [-0.2, 0) is 4.79 Å². The average Bonchev–Trinajstić information content (AvgIpc) is 3.12. The highest BCUT2D eigenvalue weighted by atomic mass is 16.2. The van der Waals surface area contributed by atoms with Crippen molar-refractivity contribution in [2.24, 2.45) is 0 Å². The van der Waals surface area contributed by atoms with Crippen molar-refractivity contribution in [2.75, 3.05) is 5.32 Å². The van der Waals surface area contributed by atoms with E-state index < -0.39 is 0 Å². The van der Waals surface area contributed by atoms with Crippen molar-refractivity contribution in [3.05, 3.63) is 71.9 Å². The highest BCUT2D eigenvalue weighted by Crippen LogP contribution is 2.15. The Morgan fingerprint density at radius 1 is 1.07 bits per heavy atom. The van der Waals surface area contributed by atoms with Crippen LogP contribution in [0.15, 0.2) is 55.1 Å². The Bertz CT molecular complexity index is 945. The van der Waals surface area contributed by atoms with E-state index in [0.29, 0.717) is 17.2 Å². The summed E-state index contributed by atoms with van der Waals surface area (Å²) in [6.45, 7) is 5.39. The van der Waals surface area contributed by atoms with E-state index in [-0.39, 0.29) is 17.9 Å². The van der Waals surface area contributed by atoms with Gasteiger partial charge in [-0.2, -0.15) is 0 Å². The van der Waals surface area contributed by atoms with Gasteiger partial charge in [-0.05, 0) is 31.5 Å². The minimum absolute atomic E-state index is 0.127. The lowest BCUT2D eigenvalue weighted by atomic mass is 10.1.